The molecule has 3 nitrogen and oxygen atoms in total. The molecule has 13 heavy (non-hydrogen) atoms. The van der Waals surface area contributed by atoms with Gasteiger partial charge in [0.15, 0.2) is 11.0 Å². The predicted octanol–water partition coefficient (Wildman–Crippen LogP) is 2.56. The third kappa shape index (κ3) is 3.77. The van der Waals surface area contributed by atoms with Gasteiger partial charge in [0.25, 0.3) is 0 Å². The Morgan fingerprint density at radius 3 is 2.54 bits per heavy atom. The topological polar surface area (TPSA) is 37.8 Å². The first-order valence-corrected chi connectivity index (χ1v) is 4.38. The Labute approximate surface area is 81.2 Å². The van der Waals surface area contributed by atoms with Crippen LogP contribution < -0.4 is 5.32 Å². The first-order valence-electron chi connectivity index (χ1n) is 3.28. The lowest BCUT2D eigenvalue weighted by molar-refractivity contribution is -0.131. The Balaban J connectivity index is 2.32. The van der Waals surface area contributed by atoms with Crippen LogP contribution in [-0.2, 0) is 0 Å². The summed E-state index contributed by atoms with van der Waals surface area (Å²) in [5.41, 5.74) is 0. The molecule has 1 aromatic rings. The smallest absolute Gasteiger partial charge is 0.366 e. The van der Waals surface area contributed by atoms with Gasteiger partial charge in [0.1, 0.15) is 0 Å². The van der Waals surface area contributed by atoms with Gasteiger partial charge in [-0.1, -0.05) is 11.6 Å². The molecular weight excluding hydrogens is 227 g/mol. The zero-order valence-electron chi connectivity index (χ0n) is 6.23. The van der Waals surface area contributed by atoms with Gasteiger partial charge in [-0.2, -0.15) is 21.9 Å². The van der Waals surface area contributed by atoms with Gasteiger partial charge in [0, 0.05) is 6.54 Å². The molecule has 0 spiro atoms. The number of anilines is 1. The number of rotatable bonds is 3. The average Bonchev–Trinajstić information content (AvgIpc) is 2.34. The second kappa shape index (κ2) is 4.10. The lowest BCUT2D eigenvalue weighted by Gasteiger charge is -2.06. The summed E-state index contributed by atoms with van der Waals surface area (Å²) in [5, 5.41) is 2.54. The van der Waals surface area contributed by atoms with Gasteiger partial charge >= 0.3 is 6.18 Å². The number of halogens is 4. The molecule has 0 saturated heterocycles. The molecule has 0 bridgehead atoms. The molecule has 0 aliphatic carbocycles. The number of aromatic nitrogens is 2. The van der Waals surface area contributed by atoms with Gasteiger partial charge in [0.2, 0.25) is 0 Å². The lowest BCUT2D eigenvalue weighted by atomic mass is 10.4. The summed E-state index contributed by atoms with van der Waals surface area (Å²) in [6.45, 7) is -0.241. The monoisotopic (exact) mass is 231 g/mol. The molecule has 1 heterocycles. The standard InChI is InChI=1S/C5H5ClF3N3S/c6-3-4(12-13-11-3)10-2-1-5(7,8)9/h1-2H2,(H,10,12). The molecule has 1 aromatic heterocycles. The average molecular weight is 232 g/mol. The maximum Gasteiger partial charge on any atom is 0.390 e. The highest BCUT2D eigenvalue weighted by atomic mass is 35.5. The fourth-order valence-corrected chi connectivity index (χ4v) is 1.29. The molecular formula is C5H5ClF3N3S. The fourth-order valence-electron chi connectivity index (χ4n) is 0.606. The minimum absolute atomic E-state index is 0.104. The zero-order valence-corrected chi connectivity index (χ0v) is 7.80. The van der Waals surface area contributed by atoms with Crippen molar-refractivity contribution in [3.8, 4) is 0 Å². The van der Waals surface area contributed by atoms with Gasteiger partial charge in [-0.3, -0.25) is 0 Å². The van der Waals surface area contributed by atoms with Crippen molar-refractivity contribution >= 4 is 29.1 Å². The van der Waals surface area contributed by atoms with Crippen molar-refractivity contribution in [3.05, 3.63) is 5.15 Å². The quantitative estimate of drug-likeness (QED) is 0.869. The van der Waals surface area contributed by atoms with E-state index in [0.29, 0.717) is 0 Å². The molecule has 0 aliphatic rings. The van der Waals surface area contributed by atoms with E-state index in [9.17, 15) is 13.2 Å². The highest BCUT2D eigenvalue weighted by molar-refractivity contribution is 6.99. The maximum atomic E-state index is 11.7. The predicted molar refractivity (Wildman–Crippen MR) is 44.1 cm³/mol. The van der Waals surface area contributed by atoms with Crippen LogP contribution in [0.15, 0.2) is 0 Å². The second-order valence-corrected chi connectivity index (χ2v) is 3.08. The number of hydrogen-bond donors (Lipinski definition) is 1. The molecule has 0 fully saturated rings. The fraction of sp³-hybridized carbons (Fsp3) is 0.600. The molecule has 0 amide bonds. The Kier molecular flexibility index (Phi) is 3.32. The molecule has 0 unspecified atom stereocenters. The third-order valence-corrected chi connectivity index (χ3v) is 2.04. The van der Waals surface area contributed by atoms with E-state index in [1.165, 1.54) is 0 Å². The summed E-state index contributed by atoms with van der Waals surface area (Å²) in [6, 6.07) is 0. The van der Waals surface area contributed by atoms with Crippen LogP contribution in [0.4, 0.5) is 19.0 Å². The van der Waals surface area contributed by atoms with Gasteiger partial charge < -0.3 is 5.32 Å². The maximum absolute atomic E-state index is 11.7. The van der Waals surface area contributed by atoms with E-state index in [1.807, 2.05) is 0 Å². The van der Waals surface area contributed by atoms with E-state index >= 15 is 0 Å². The van der Waals surface area contributed by atoms with Crippen molar-refractivity contribution in [1.82, 2.24) is 8.75 Å². The molecule has 0 radical (unpaired) electrons. The van der Waals surface area contributed by atoms with Crippen LogP contribution in [0.3, 0.4) is 0 Å². The van der Waals surface area contributed by atoms with Crippen molar-refractivity contribution in [3.63, 3.8) is 0 Å². The highest BCUT2D eigenvalue weighted by Crippen LogP contribution is 2.21. The van der Waals surface area contributed by atoms with Crippen LogP contribution >= 0.6 is 23.3 Å². The van der Waals surface area contributed by atoms with Crippen LogP contribution in [0.25, 0.3) is 0 Å². The third-order valence-electron chi connectivity index (χ3n) is 1.15. The molecule has 1 N–H and O–H groups in total. The molecule has 8 heteroatoms. The molecule has 74 valence electrons. The Morgan fingerprint density at radius 1 is 1.38 bits per heavy atom. The first kappa shape index (κ1) is 10.5. The lowest BCUT2D eigenvalue weighted by Crippen LogP contribution is -2.14. The van der Waals surface area contributed by atoms with Crippen molar-refractivity contribution in [2.75, 3.05) is 11.9 Å². The summed E-state index contributed by atoms with van der Waals surface area (Å²) in [7, 11) is 0. The number of hydrogen-bond acceptors (Lipinski definition) is 4. The van der Waals surface area contributed by atoms with Gasteiger partial charge in [-0.15, -0.1) is 0 Å². The Morgan fingerprint density at radius 2 is 2.08 bits per heavy atom. The summed E-state index contributed by atoms with van der Waals surface area (Å²) in [5.74, 6) is 0.205. The minimum Gasteiger partial charge on any atom is -0.366 e. The first-order chi connectivity index (χ1) is 5.99. The second-order valence-electron chi connectivity index (χ2n) is 2.20. The van der Waals surface area contributed by atoms with E-state index in [-0.39, 0.29) is 17.5 Å². The van der Waals surface area contributed by atoms with Gasteiger partial charge in [-0.25, -0.2) is 0 Å². The largest absolute Gasteiger partial charge is 0.390 e. The van der Waals surface area contributed by atoms with Crippen LogP contribution in [0.2, 0.25) is 5.15 Å². The van der Waals surface area contributed by atoms with Crippen molar-refractivity contribution in [1.29, 1.82) is 0 Å². The van der Waals surface area contributed by atoms with Crippen LogP contribution in [-0.4, -0.2) is 21.5 Å². The van der Waals surface area contributed by atoms with E-state index in [1.54, 1.807) is 0 Å². The van der Waals surface area contributed by atoms with E-state index in [2.05, 4.69) is 14.1 Å². The summed E-state index contributed by atoms with van der Waals surface area (Å²) < 4.78 is 42.3. The normalized spacial score (nSPS) is 11.7. The van der Waals surface area contributed by atoms with Crippen molar-refractivity contribution < 1.29 is 13.2 Å². The molecule has 0 saturated carbocycles. The number of nitrogens with zero attached hydrogens (tertiary/aromatic N) is 2. The van der Waals surface area contributed by atoms with E-state index in [0.717, 1.165) is 11.7 Å². The van der Waals surface area contributed by atoms with Crippen molar-refractivity contribution in [2.24, 2.45) is 0 Å². The molecule has 1 rings (SSSR count). The van der Waals surface area contributed by atoms with Crippen LogP contribution in [0, 0.1) is 0 Å². The Hall–Kier alpha value is -0.560. The number of nitrogens with one attached hydrogen (secondary N) is 1. The van der Waals surface area contributed by atoms with Crippen molar-refractivity contribution in [2.45, 2.75) is 12.6 Å². The SMILES string of the molecule is FC(F)(F)CCNc1nsnc1Cl. The summed E-state index contributed by atoms with van der Waals surface area (Å²) in [4.78, 5) is 0. The minimum atomic E-state index is -4.16. The summed E-state index contributed by atoms with van der Waals surface area (Å²) in [6.07, 6.45) is -5.08. The van der Waals surface area contributed by atoms with Gasteiger partial charge in [0.05, 0.1) is 18.1 Å². The molecule has 0 aliphatic heterocycles. The van der Waals surface area contributed by atoms with E-state index in [4.69, 9.17) is 11.6 Å². The molecule has 0 atom stereocenters. The molecule has 0 aromatic carbocycles. The highest BCUT2D eigenvalue weighted by Gasteiger charge is 2.26. The summed E-state index contributed by atoms with van der Waals surface area (Å²) >= 11 is 6.33. The van der Waals surface area contributed by atoms with Crippen LogP contribution in [0.5, 0.6) is 0 Å². The number of alkyl halides is 3. The zero-order chi connectivity index (χ0) is 9.90. The Bertz CT molecular complexity index is 274. The van der Waals surface area contributed by atoms with Gasteiger partial charge in [-0.05, 0) is 0 Å². The van der Waals surface area contributed by atoms with Crippen LogP contribution in [0.1, 0.15) is 6.42 Å². The van der Waals surface area contributed by atoms with E-state index < -0.39 is 12.6 Å².